The zero-order chi connectivity index (χ0) is 31.9. The third-order valence-corrected chi connectivity index (χ3v) is 9.91. The van der Waals surface area contributed by atoms with Crippen LogP contribution in [-0.4, -0.2) is 75.9 Å². The summed E-state index contributed by atoms with van der Waals surface area (Å²) in [4.78, 5) is 58.2. The summed E-state index contributed by atoms with van der Waals surface area (Å²) in [5, 5.41) is 0.667. The van der Waals surface area contributed by atoms with Crippen LogP contribution in [0.1, 0.15) is 90.5 Å². The van der Waals surface area contributed by atoms with Gasteiger partial charge in [0.05, 0.1) is 4.88 Å². The molecule has 2 atom stereocenters. The van der Waals surface area contributed by atoms with Gasteiger partial charge in [-0.15, -0.1) is 11.3 Å². The highest BCUT2D eigenvalue weighted by Crippen LogP contribution is 2.45. The van der Waals surface area contributed by atoms with Gasteiger partial charge in [0, 0.05) is 48.1 Å². The summed E-state index contributed by atoms with van der Waals surface area (Å²) < 4.78 is 14.2. The van der Waals surface area contributed by atoms with Crippen molar-refractivity contribution in [2.45, 2.75) is 75.7 Å². The van der Waals surface area contributed by atoms with Gasteiger partial charge in [-0.05, 0) is 93.4 Å². The second-order valence-electron chi connectivity index (χ2n) is 11.2. The number of aldehydes is 1. The van der Waals surface area contributed by atoms with Crippen LogP contribution in [0.4, 0.5) is 4.39 Å². The van der Waals surface area contributed by atoms with Crippen LogP contribution in [0.3, 0.4) is 0 Å². The van der Waals surface area contributed by atoms with E-state index < -0.39 is 20.2 Å². The molecule has 5 rings (SSSR count). The summed E-state index contributed by atoms with van der Waals surface area (Å²) in [6, 6.07) is 13.0. The number of carbonyl (C=O) groups excluding carboxylic acids is 3. The van der Waals surface area contributed by atoms with E-state index in [1.54, 1.807) is 12.1 Å². The summed E-state index contributed by atoms with van der Waals surface area (Å²) >= 11 is 1.22. The van der Waals surface area contributed by atoms with Gasteiger partial charge < -0.3 is 30.1 Å². The van der Waals surface area contributed by atoms with Gasteiger partial charge in [0.2, 0.25) is 14.8 Å². The maximum Gasteiger partial charge on any atom is 0.258 e. The lowest BCUT2D eigenvalue weighted by Crippen LogP contribution is -2.31. The number of nitrogens with zero attached hydrogens (tertiary/aromatic N) is 3. The molecule has 0 bridgehead atoms. The van der Waals surface area contributed by atoms with Crippen LogP contribution >= 0.6 is 19.7 Å². The number of carbonyl (C=O) groups is 3. The molecule has 44 heavy (non-hydrogen) atoms. The van der Waals surface area contributed by atoms with Crippen molar-refractivity contribution < 1.29 is 28.6 Å². The largest absolute Gasteiger partial charge is 0.365 e. The predicted molar refractivity (Wildman–Crippen MR) is 174 cm³/mol. The highest BCUT2D eigenvalue weighted by atomic mass is 32.1. The summed E-state index contributed by atoms with van der Waals surface area (Å²) in [5.74, 6) is -1.80. The molecule has 240 valence electrons. The van der Waals surface area contributed by atoms with E-state index in [9.17, 15) is 18.8 Å². The van der Waals surface area contributed by atoms with Crippen LogP contribution in [0.25, 0.3) is 10.1 Å². The average Bonchev–Trinajstić information content (AvgIpc) is 3.67. The second kappa shape index (κ2) is 18.9. The van der Waals surface area contributed by atoms with Crippen LogP contribution in [0.2, 0.25) is 0 Å². The fourth-order valence-corrected chi connectivity index (χ4v) is 6.83. The van der Waals surface area contributed by atoms with Crippen LogP contribution in [-0.2, 0) is 9.59 Å². The fourth-order valence-electron chi connectivity index (χ4n) is 5.51. The molecule has 4 N–H and O–H groups in total. The van der Waals surface area contributed by atoms with E-state index in [1.165, 1.54) is 62.1 Å². The number of likely N-dealkylation sites (tertiary alicyclic amines) is 2. The number of pyridine rings is 1. The second-order valence-corrected chi connectivity index (χ2v) is 13.4. The Kier molecular flexibility index (Phi) is 15.3. The predicted octanol–water partition coefficient (Wildman–Crippen LogP) is 5.91. The van der Waals surface area contributed by atoms with Crippen LogP contribution in [0.15, 0.2) is 48.7 Å². The van der Waals surface area contributed by atoms with Crippen molar-refractivity contribution in [3.63, 3.8) is 0 Å². The SMILES string of the molecule is CN1CCCC1CCCCCC=O.NC(=O)c1cc2cc(C(F)P(O)O)ccc2s1.O=CN1CCC(c2ccccn2)CC1. The maximum atomic E-state index is 13.4. The van der Waals surface area contributed by atoms with E-state index in [0.717, 1.165) is 67.9 Å². The molecule has 4 heterocycles. The molecule has 2 fully saturated rings. The first-order valence-electron chi connectivity index (χ1n) is 15.1. The lowest BCUT2D eigenvalue weighted by atomic mass is 9.93. The van der Waals surface area contributed by atoms with Crippen molar-refractivity contribution in [3.05, 3.63) is 64.8 Å². The zero-order valence-corrected chi connectivity index (χ0v) is 27.0. The maximum absolute atomic E-state index is 13.4. The molecule has 2 aliphatic rings. The molecule has 2 aliphatic heterocycles. The molecule has 2 unspecified atom stereocenters. The Morgan fingerprint density at radius 1 is 1.11 bits per heavy atom. The van der Waals surface area contributed by atoms with Crippen molar-refractivity contribution in [1.82, 2.24) is 14.8 Å². The summed E-state index contributed by atoms with van der Waals surface area (Å²) in [7, 11) is -0.429. The molecular weight excluding hydrogens is 602 g/mol. The molecule has 12 heteroatoms. The number of nitrogens with two attached hydrogens (primary N) is 1. The molecule has 0 spiro atoms. The van der Waals surface area contributed by atoms with E-state index in [2.05, 4.69) is 23.0 Å². The number of amides is 2. The molecular formula is C32H44FN4O5PS. The molecule has 0 saturated carbocycles. The van der Waals surface area contributed by atoms with Gasteiger partial charge in [0.15, 0.2) is 5.91 Å². The Balaban J connectivity index is 0.000000182. The van der Waals surface area contributed by atoms with Gasteiger partial charge in [-0.1, -0.05) is 25.0 Å². The quantitative estimate of drug-likeness (QED) is 0.134. The number of hydrogen-bond acceptors (Lipinski definition) is 8. The topological polar surface area (TPSA) is 137 Å². The molecule has 0 aliphatic carbocycles. The lowest BCUT2D eigenvalue weighted by molar-refractivity contribution is -0.119. The number of piperidine rings is 1. The Hall–Kier alpha value is -2.82. The number of aromatic nitrogens is 1. The van der Waals surface area contributed by atoms with Gasteiger partial charge in [-0.2, -0.15) is 0 Å². The van der Waals surface area contributed by atoms with Crippen LogP contribution < -0.4 is 5.73 Å². The molecule has 2 aromatic heterocycles. The minimum absolute atomic E-state index is 0.183. The Morgan fingerprint density at radius 3 is 2.48 bits per heavy atom. The average molecular weight is 647 g/mol. The van der Waals surface area contributed by atoms with Gasteiger partial charge in [-0.3, -0.25) is 14.6 Å². The van der Waals surface area contributed by atoms with Gasteiger partial charge in [0.25, 0.3) is 5.91 Å². The van der Waals surface area contributed by atoms with Crippen molar-refractivity contribution in [3.8, 4) is 0 Å². The summed E-state index contributed by atoms with van der Waals surface area (Å²) in [6.07, 6.45) is 14.3. The van der Waals surface area contributed by atoms with Crippen LogP contribution in [0.5, 0.6) is 0 Å². The standard InChI is InChI=1S/C11H14N2O.C11H21NO.C10H9FNO3PS/c14-9-13-7-4-10(5-8-13)11-3-1-2-6-12-11;1-12-9-6-8-11(12)7-4-2-3-5-10-13;11-9(16(14)15)5-1-2-7-6(3-5)4-8(17-7)10(12)13/h1-3,6,9-10H,4-5,7-8H2;10-11H,2-9H2,1H3;1-4,9,14-15H,(H2,12,13). The molecule has 1 aromatic carbocycles. The summed E-state index contributed by atoms with van der Waals surface area (Å²) in [5.41, 5.74) is 6.49. The van der Waals surface area contributed by atoms with E-state index in [-0.39, 0.29) is 5.56 Å². The zero-order valence-electron chi connectivity index (χ0n) is 25.3. The molecule has 2 saturated heterocycles. The minimum Gasteiger partial charge on any atom is -0.365 e. The van der Waals surface area contributed by atoms with Crippen molar-refractivity contribution in [2.24, 2.45) is 5.73 Å². The first kappa shape index (κ1) is 35.7. The summed E-state index contributed by atoms with van der Waals surface area (Å²) in [6.45, 7) is 3.01. The number of halogens is 1. The highest BCUT2D eigenvalue weighted by Gasteiger charge is 2.21. The van der Waals surface area contributed by atoms with Gasteiger partial charge in [0.1, 0.15) is 6.29 Å². The number of rotatable bonds is 11. The molecule has 2 amide bonds. The fraction of sp³-hybridized carbons (Fsp3) is 0.500. The number of thiophene rings is 1. The van der Waals surface area contributed by atoms with Gasteiger partial charge >= 0.3 is 0 Å². The number of alkyl halides is 1. The molecule has 0 radical (unpaired) electrons. The van der Waals surface area contributed by atoms with Crippen LogP contribution in [0, 0.1) is 0 Å². The van der Waals surface area contributed by atoms with E-state index in [4.69, 9.17) is 15.5 Å². The monoisotopic (exact) mass is 646 g/mol. The smallest absolute Gasteiger partial charge is 0.258 e. The Labute approximate surface area is 264 Å². The van der Waals surface area contributed by atoms with E-state index in [0.29, 0.717) is 16.2 Å². The molecule has 9 nitrogen and oxygen atoms in total. The number of primary amides is 1. The van der Waals surface area contributed by atoms with E-state index >= 15 is 0 Å². The van der Waals surface area contributed by atoms with Gasteiger partial charge in [-0.25, -0.2) is 4.39 Å². The van der Waals surface area contributed by atoms with Crippen molar-refractivity contribution in [2.75, 3.05) is 26.7 Å². The highest BCUT2D eigenvalue weighted by molar-refractivity contribution is 7.45. The third kappa shape index (κ3) is 11.3. The first-order valence-corrected chi connectivity index (χ1v) is 17.2. The Morgan fingerprint density at radius 2 is 1.89 bits per heavy atom. The first-order chi connectivity index (χ1) is 21.2. The third-order valence-electron chi connectivity index (χ3n) is 8.08. The van der Waals surface area contributed by atoms with E-state index in [1.807, 2.05) is 23.2 Å². The number of benzene rings is 1. The van der Waals surface area contributed by atoms with Crippen molar-refractivity contribution in [1.29, 1.82) is 0 Å². The van der Waals surface area contributed by atoms with Crippen molar-refractivity contribution >= 4 is 48.4 Å². The Bertz CT molecular complexity index is 1310. The lowest BCUT2D eigenvalue weighted by Gasteiger charge is -2.28. The minimum atomic E-state index is -2.65. The number of unbranched alkanes of at least 4 members (excludes halogenated alkanes) is 3. The normalized spacial score (nSPS) is 17.8. The number of fused-ring (bicyclic) bond motifs is 1. The number of hydrogen-bond donors (Lipinski definition) is 3. The molecule has 3 aromatic rings.